The lowest BCUT2D eigenvalue weighted by Crippen LogP contribution is -2.04. The van der Waals surface area contributed by atoms with Gasteiger partial charge in [-0.05, 0) is 17.2 Å². The molecule has 18 heavy (non-hydrogen) atoms. The number of nitrogens with zero attached hydrogens (tertiary/aromatic N) is 1. The Morgan fingerprint density at radius 1 is 1.28 bits per heavy atom. The van der Waals surface area contributed by atoms with E-state index in [1.807, 2.05) is 30.3 Å². The summed E-state index contributed by atoms with van der Waals surface area (Å²) in [6.07, 6.45) is 1.51. The highest BCUT2D eigenvalue weighted by atomic mass is 16.5. The molecule has 0 fully saturated rings. The van der Waals surface area contributed by atoms with E-state index >= 15 is 0 Å². The van der Waals surface area contributed by atoms with Crippen molar-refractivity contribution in [2.75, 3.05) is 7.11 Å². The molecule has 4 heteroatoms. The van der Waals surface area contributed by atoms with Crippen molar-refractivity contribution in [3.8, 4) is 17.0 Å². The molecule has 92 valence electrons. The zero-order chi connectivity index (χ0) is 13.0. The van der Waals surface area contributed by atoms with E-state index in [9.17, 15) is 4.79 Å². The van der Waals surface area contributed by atoms with Crippen LogP contribution < -0.4 is 4.74 Å². The highest BCUT2D eigenvalue weighted by molar-refractivity contribution is 5.78. The van der Waals surface area contributed by atoms with Gasteiger partial charge in [0.15, 0.2) is 0 Å². The van der Waals surface area contributed by atoms with Gasteiger partial charge in [0.05, 0.1) is 13.5 Å². The van der Waals surface area contributed by atoms with Crippen molar-refractivity contribution in [2.45, 2.75) is 6.42 Å². The Labute approximate surface area is 105 Å². The van der Waals surface area contributed by atoms with Crippen LogP contribution in [-0.4, -0.2) is 23.2 Å². The number of methoxy groups -OCH3 is 1. The molecule has 1 N–H and O–H groups in total. The van der Waals surface area contributed by atoms with Crippen molar-refractivity contribution in [1.29, 1.82) is 0 Å². The van der Waals surface area contributed by atoms with Gasteiger partial charge in [0.2, 0.25) is 5.88 Å². The Kier molecular flexibility index (Phi) is 3.57. The molecule has 0 unspecified atom stereocenters. The molecule has 0 aliphatic carbocycles. The molecule has 0 atom stereocenters. The van der Waals surface area contributed by atoms with E-state index < -0.39 is 5.97 Å². The molecule has 0 spiro atoms. The quantitative estimate of drug-likeness (QED) is 0.895. The molecule has 1 aromatic carbocycles. The minimum Gasteiger partial charge on any atom is -0.481 e. The maximum Gasteiger partial charge on any atom is 0.307 e. The van der Waals surface area contributed by atoms with E-state index in [1.54, 1.807) is 12.3 Å². The minimum atomic E-state index is -0.875. The molecule has 0 radical (unpaired) electrons. The standard InChI is InChI=1S/C14H13NO3/c1-18-14-13(10-5-3-2-4-6-10)11(7-8-15-14)9-12(16)17/h2-8H,9H2,1H3,(H,16,17). The molecule has 1 heterocycles. The zero-order valence-corrected chi connectivity index (χ0v) is 9.96. The number of carbonyl (C=O) groups is 1. The van der Waals surface area contributed by atoms with Crippen molar-refractivity contribution < 1.29 is 14.6 Å². The maximum atomic E-state index is 10.9. The van der Waals surface area contributed by atoms with Gasteiger partial charge in [-0.2, -0.15) is 0 Å². The van der Waals surface area contributed by atoms with E-state index in [0.717, 1.165) is 11.1 Å². The van der Waals surface area contributed by atoms with Crippen molar-refractivity contribution in [1.82, 2.24) is 4.98 Å². The second kappa shape index (κ2) is 5.31. The molecule has 1 aromatic heterocycles. The lowest BCUT2D eigenvalue weighted by molar-refractivity contribution is -0.136. The van der Waals surface area contributed by atoms with Crippen LogP contribution in [0.25, 0.3) is 11.1 Å². The summed E-state index contributed by atoms with van der Waals surface area (Å²) < 4.78 is 5.22. The van der Waals surface area contributed by atoms with Crippen LogP contribution in [0.1, 0.15) is 5.56 Å². The van der Waals surface area contributed by atoms with Gasteiger partial charge < -0.3 is 9.84 Å². The van der Waals surface area contributed by atoms with E-state index in [2.05, 4.69) is 4.98 Å². The first-order chi connectivity index (χ1) is 8.72. The van der Waals surface area contributed by atoms with E-state index in [-0.39, 0.29) is 6.42 Å². The normalized spacial score (nSPS) is 10.1. The summed E-state index contributed by atoms with van der Waals surface area (Å²) in [5.74, 6) is -0.430. The Balaban J connectivity index is 2.58. The molecule has 0 bridgehead atoms. The van der Waals surface area contributed by atoms with Crippen LogP contribution in [0.3, 0.4) is 0 Å². The molecule has 0 aliphatic heterocycles. The molecular formula is C14H13NO3. The molecule has 4 nitrogen and oxygen atoms in total. The molecule has 2 rings (SSSR count). The molecule has 0 aliphatic rings. The van der Waals surface area contributed by atoms with Gasteiger partial charge in [0.25, 0.3) is 0 Å². The summed E-state index contributed by atoms with van der Waals surface area (Å²) >= 11 is 0. The Bertz CT molecular complexity index is 552. The van der Waals surface area contributed by atoms with Crippen molar-refractivity contribution in [3.05, 3.63) is 48.2 Å². The molecule has 0 amide bonds. The molecule has 2 aromatic rings. The molecular weight excluding hydrogens is 230 g/mol. The van der Waals surface area contributed by atoms with Crippen LogP contribution >= 0.6 is 0 Å². The van der Waals surface area contributed by atoms with E-state index in [1.165, 1.54) is 7.11 Å². The van der Waals surface area contributed by atoms with Crippen LogP contribution in [0.5, 0.6) is 5.88 Å². The van der Waals surface area contributed by atoms with Gasteiger partial charge >= 0.3 is 5.97 Å². The van der Waals surface area contributed by atoms with E-state index in [4.69, 9.17) is 9.84 Å². The van der Waals surface area contributed by atoms with Gasteiger partial charge in [-0.25, -0.2) is 4.98 Å². The summed E-state index contributed by atoms with van der Waals surface area (Å²) in [4.78, 5) is 15.0. The topological polar surface area (TPSA) is 59.4 Å². The minimum absolute atomic E-state index is 0.0525. The Morgan fingerprint density at radius 2 is 2.00 bits per heavy atom. The number of aliphatic carboxylic acids is 1. The molecule has 0 saturated carbocycles. The van der Waals surface area contributed by atoms with Crippen LogP contribution in [0, 0.1) is 0 Å². The maximum absolute atomic E-state index is 10.9. The first-order valence-corrected chi connectivity index (χ1v) is 5.51. The van der Waals surface area contributed by atoms with Crippen LogP contribution in [0.4, 0.5) is 0 Å². The lowest BCUT2D eigenvalue weighted by Gasteiger charge is -2.11. The predicted octanol–water partition coefficient (Wildman–Crippen LogP) is 2.38. The number of carboxylic acids is 1. The smallest absolute Gasteiger partial charge is 0.307 e. The first-order valence-electron chi connectivity index (χ1n) is 5.51. The lowest BCUT2D eigenvalue weighted by atomic mass is 9.99. The predicted molar refractivity (Wildman–Crippen MR) is 67.6 cm³/mol. The number of aromatic nitrogens is 1. The number of ether oxygens (including phenoxy) is 1. The number of hydrogen-bond acceptors (Lipinski definition) is 3. The Hall–Kier alpha value is -2.36. The molecule has 0 saturated heterocycles. The Morgan fingerprint density at radius 3 is 2.61 bits per heavy atom. The monoisotopic (exact) mass is 243 g/mol. The first kappa shape index (κ1) is 12.1. The number of hydrogen-bond donors (Lipinski definition) is 1. The summed E-state index contributed by atoms with van der Waals surface area (Å²) in [6, 6.07) is 11.2. The number of pyridine rings is 1. The van der Waals surface area contributed by atoms with Crippen LogP contribution in [0.15, 0.2) is 42.6 Å². The van der Waals surface area contributed by atoms with Crippen LogP contribution in [0.2, 0.25) is 0 Å². The van der Waals surface area contributed by atoms with Crippen molar-refractivity contribution in [2.24, 2.45) is 0 Å². The van der Waals surface area contributed by atoms with Gasteiger partial charge in [0, 0.05) is 11.8 Å². The van der Waals surface area contributed by atoms with E-state index in [0.29, 0.717) is 11.4 Å². The van der Waals surface area contributed by atoms with Crippen molar-refractivity contribution >= 4 is 5.97 Å². The third kappa shape index (κ3) is 2.48. The third-order valence-electron chi connectivity index (χ3n) is 2.60. The van der Waals surface area contributed by atoms with Gasteiger partial charge in [-0.3, -0.25) is 4.79 Å². The highest BCUT2D eigenvalue weighted by Crippen LogP contribution is 2.31. The fourth-order valence-corrected chi connectivity index (χ4v) is 1.86. The summed E-state index contributed by atoms with van der Waals surface area (Å²) in [7, 11) is 1.53. The summed E-state index contributed by atoms with van der Waals surface area (Å²) in [5.41, 5.74) is 2.34. The zero-order valence-electron chi connectivity index (χ0n) is 9.96. The van der Waals surface area contributed by atoms with Gasteiger partial charge in [0.1, 0.15) is 0 Å². The fraction of sp³-hybridized carbons (Fsp3) is 0.143. The largest absolute Gasteiger partial charge is 0.481 e. The second-order valence-corrected chi connectivity index (χ2v) is 3.79. The highest BCUT2D eigenvalue weighted by Gasteiger charge is 2.14. The fourth-order valence-electron chi connectivity index (χ4n) is 1.86. The number of benzene rings is 1. The SMILES string of the molecule is COc1nccc(CC(=O)O)c1-c1ccccc1. The van der Waals surface area contributed by atoms with Gasteiger partial charge in [-0.15, -0.1) is 0 Å². The second-order valence-electron chi connectivity index (χ2n) is 3.79. The summed E-state index contributed by atoms with van der Waals surface area (Å²) in [5, 5.41) is 8.94. The average Bonchev–Trinajstić information content (AvgIpc) is 2.38. The van der Waals surface area contributed by atoms with Gasteiger partial charge in [-0.1, -0.05) is 30.3 Å². The average molecular weight is 243 g/mol. The third-order valence-corrected chi connectivity index (χ3v) is 2.60. The number of rotatable bonds is 4. The summed E-state index contributed by atoms with van der Waals surface area (Å²) in [6.45, 7) is 0. The van der Waals surface area contributed by atoms with Crippen molar-refractivity contribution in [3.63, 3.8) is 0 Å². The number of carboxylic acid groups (broad SMARTS) is 1. The van der Waals surface area contributed by atoms with Crippen LogP contribution in [-0.2, 0) is 11.2 Å².